The quantitative estimate of drug-likeness (QED) is 0.248. The average Bonchev–Trinajstić information content (AvgIpc) is 2.68. The molecule has 1 nitrogen and oxygen atoms in total. The lowest BCUT2D eigenvalue weighted by molar-refractivity contribution is 0.241. The monoisotopic (exact) mass is 357 g/mol. The lowest BCUT2D eigenvalue weighted by Crippen LogP contribution is -2.23. The van der Waals surface area contributed by atoms with Gasteiger partial charge in [0.25, 0.3) is 0 Å². The third kappa shape index (κ3) is 6.75. The van der Waals surface area contributed by atoms with E-state index in [-0.39, 0.29) is 0 Å². The maximum atomic E-state index is 12.7. The third-order valence-electron chi connectivity index (χ3n) is 6.67. The van der Waals surface area contributed by atoms with Crippen molar-refractivity contribution >= 4 is 0 Å². The van der Waals surface area contributed by atoms with Gasteiger partial charge in [0.1, 0.15) is 6.07 Å². The first kappa shape index (κ1) is 20.9. The molecule has 0 aliphatic heterocycles. The zero-order valence-corrected chi connectivity index (χ0v) is 16.6. The minimum absolute atomic E-state index is 0.719. The summed E-state index contributed by atoms with van der Waals surface area (Å²) in [7, 11) is 0. The van der Waals surface area contributed by atoms with Crippen molar-refractivity contribution in [1.29, 1.82) is 5.26 Å². The summed E-state index contributed by atoms with van der Waals surface area (Å²) in [4.78, 5) is 0. The van der Waals surface area contributed by atoms with Crippen molar-refractivity contribution < 1.29 is 4.39 Å². The van der Waals surface area contributed by atoms with Crippen LogP contribution in [0.15, 0.2) is 36.2 Å². The van der Waals surface area contributed by atoms with Crippen LogP contribution >= 0.6 is 0 Å². The van der Waals surface area contributed by atoms with Crippen molar-refractivity contribution in [3.63, 3.8) is 0 Å². The zero-order chi connectivity index (χ0) is 18.8. The zero-order valence-electron chi connectivity index (χ0n) is 16.6. The molecule has 0 unspecified atom stereocenters. The predicted octanol–water partition coefficient (Wildman–Crippen LogP) is 7.67. The van der Waals surface area contributed by atoms with Gasteiger partial charge in [-0.2, -0.15) is 9.65 Å². The molecule has 0 bridgehead atoms. The van der Waals surface area contributed by atoms with Crippen LogP contribution < -0.4 is 0 Å². The number of nitriles is 1. The van der Waals surface area contributed by atoms with E-state index in [2.05, 4.69) is 13.5 Å². The van der Waals surface area contributed by atoms with Crippen molar-refractivity contribution in [2.24, 2.45) is 23.7 Å². The standard InChI is InChI=1S/C24H36FN/c1-3-7-20-10-14-22(15-11-20)19(2)23-16-12-21(13-17-23)8-5-4-6-9-24(25)18-26/h4,6,9,20-23H,2-3,5,7-8,10-17H2,1H3/b6-4+,24-9-/t20-,21-,22-,23-. The maximum Gasteiger partial charge on any atom is 0.199 e. The number of rotatable bonds is 8. The molecule has 0 atom stereocenters. The van der Waals surface area contributed by atoms with E-state index in [1.165, 1.54) is 82.8 Å². The van der Waals surface area contributed by atoms with Crippen LogP contribution in [-0.2, 0) is 0 Å². The van der Waals surface area contributed by atoms with Crippen LogP contribution in [-0.4, -0.2) is 0 Å². The molecule has 2 aliphatic rings. The minimum atomic E-state index is -0.719. The molecule has 0 aromatic rings. The lowest BCUT2D eigenvalue weighted by Gasteiger charge is -2.36. The fourth-order valence-corrected chi connectivity index (χ4v) is 5.00. The molecular formula is C24H36FN. The SMILES string of the molecule is C=C([C@H]1CC[C@H](CCC)CC1)[C@H]1CC[C@H](CC/C=C/C=C(\F)C#N)CC1. The van der Waals surface area contributed by atoms with Gasteiger partial charge in [-0.25, -0.2) is 0 Å². The minimum Gasteiger partial charge on any atom is -0.195 e. The van der Waals surface area contributed by atoms with E-state index < -0.39 is 5.83 Å². The number of halogens is 1. The lowest BCUT2D eigenvalue weighted by atomic mass is 9.70. The van der Waals surface area contributed by atoms with E-state index in [1.54, 1.807) is 11.6 Å². The van der Waals surface area contributed by atoms with Crippen LogP contribution in [0.2, 0.25) is 0 Å². The molecule has 0 radical (unpaired) electrons. The molecule has 0 spiro atoms. The van der Waals surface area contributed by atoms with Gasteiger partial charge in [0.2, 0.25) is 0 Å². The molecule has 0 saturated heterocycles. The molecule has 144 valence electrons. The number of hydrogen-bond donors (Lipinski definition) is 0. The molecular weight excluding hydrogens is 321 g/mol. The Hall–Kier alpha value is -1.36. The summed E-state index contributed by atoms with van der Waals surface area (Å²) < 4.78 is 12.7. The van der Waals surface area contributed by atoms with Crippen LogP contribution in [0, 0.1) is 35.0 Å². The molecule has 2 rings (SSSR count). The van der Waals surface area contributed by atoms with Crippen molar-refractivity contribution in [2.75, 3.05) is 0 Å². The molecule has 2 fully saturated rings. The summed E-state index contributed by atoms with van der Waals surface area (Å²) in [6, 6.07) is 1.49. The van der Waals surface area contributed by atoms with Crippen LogP contribution in [0.3, 0.4) is 0 Å². The fraction of sp³-hybridized carbons (Fsp3) is 0.708. The smallest absolute Gasteiger partial charge is 0.195 e. The van der Waals surface area contributed by atoms with Crippen molar-refractivity contribution in [2.45, 2.75) is 84.0 Å². The summed E-state index contributed by atoms with van der Waals surface area (Å²) in [6.45, 7) is 6.84. The Bertz CT molecular complexity index is 523. The first-order chi connectivity index (χ1) is 12.6. The summed E-state index contributed by atoms with van der Waals surface area (Å²) >= 11 is 0. The van der Waals surface area contributed by atoms with E-state index >= 15 is 0 Å². The Labute approximate surface area is 160 Å². The van der Waals surface area contributed by atoms with Crippen LogP contribution in [0.1, 0.15) is 84.0 Å². The van der Waals surface area contributed by atoms with Gasteiger partial charge in [-0.3, -0.25) is 0 Å². The highest BCUT2D eigenvalue weighted by Crippen LogP contribution is 2.42. The van der Waals surface area contributed by atoms with Gasteiger partial charge in [-0.05, 0) is 94.0 Å². The van der Waals surface area contributed by atoms with Crippen molar-refractivity contribution in [1.82, 2.24) is 0 Å². The van der Waals surface area contributed by atoms with E-state index in [9.17, 15) is 4.39 Å². The molecule has 0 N–H and O–H groups in total. The fourth-order valence-electron chi connectivity index (χ4n) is 5.00. The molecule has 0 amide bonds. The van der Waals surface area contributed by atoms with Gasteiger partial charge in [-0.1, -0.05) is 44.1 Å². The molecule has 0 aromatic carbocycles. The number of nitrogens with zero attached hydrogens (tertiary/aromatic N) is 1. The van der Waals surface area contributed by atoms with Crippen molar-refractivity contribution in [3.05, 3.63) is 36.2 Å². The summed E-state index contributed by atoms with van der Waals surface area (Å²) in [5.41, 5.74) is 1.57. The summed E-state index contributed by atoms with van der Waals surface area (Å²) in [5, 5.41) is 8.36. The Kier molecular flexibility index (Phi) is 9.16. The second-order valence-electron chi connectivity index (χ2n) is 8.43. The Morgan fingerprint density at radius 2 is 1.54 bits per heavy atom. The second kappa shape index (κ2) is 11.4. The van der Waals surface area contributed by atoms with Gasteiger partial charge >= 0.3 is 0 Å². The van der Waals surface area contributed by atoms with Crippen LogP contribution in [0.25, 0.3) is 0 Å². The molecule has 2 saturated carbocycles. The van der Waals surface area contributed by atoms with E-state index in [0.29, 0.717) is 0 Å². The van der Waals surface area contributed by atoms with Gasteiger partial charge in [0.15, 0.2) is 5.83 Å². The van der Waals surface area contributed by atoms with E-state index in [0.717, 1.165) is 30.1 Å². The van der Waals surface area contributed by atoms with Gasteiger partial charge in [0, 0.05) is 0 Å². The highest BCUT2D eigenvalue weighted by atomic mass is 19.1. The number of hydrogen-bond acceptors (Lipinski definition) is 1. The largest absolute Gasteiger partial charge is 0.199 e. The van der Waals surface area contributed by atoms with Crippen LogP contribution in [0.4, 0.5) is 4.39 Å². The molecule has 0 aromatic heterocycles. The first-order valence-electron chi connectivity index (χ1n) is 10.7. The normalized spacial score (nSPS) is 30.3. The summed E-state index contributed by atoms with van der Waals surface area (Å²) in [6.07, 6.45) is 20.6. The molecule has 0 heterocycles. The third-order valence-corrected chi connectivity index (χ3v) is 6.67. The second-order valence-corrected chi connectivity index (χ2v) is 8.43. The average molecular weight is 358 g/mol. The topological polar surface area (TPSA) is 23.8 Å². The molecule has 2 heteroatoms. The number of allylic oxidation sites excluding steroid dienone is 5. The summed E-state index contributed by atoms with van der Waals surface area (Å²) in [5.74, 6) is 2.60. The van der Waals surface area contributed by atoms with Crippen molar-refractivity contribution in [3.8, 4) is 6.07 Å². The Morgan fingerprint density at radius 3 is 2.04 bits per heavy atom. The highest BCUT2D eigenvalue weighted by Gasteiger charge is 2.29. The molecule has 2 aliphatic carbocycles. The van der Waals surface area contributed by atoms with Gasteiger partial charge < -0.3 is 0 Å². The highest BCUT2D eigenvalue weighted by molar-refractivity contribution is 5.18. The Balaban J connectivity index is 1.65. The molecule has 26 heavy (non-hydrogen) atoms. The van der Waals surface area contributed by atoms with E-state index in [1.807, 2.05) is 6.08 Å². The maximum absolute atomic E-state index is 12.7. The Morgan fingerprint density at radius 1 is 1.00 bits per heavy atom. The first-order valence-corrected chi connectivity index (χ1v) is 10.7. The van der Waals surface area contributed by atoms with Crippen LogP contribution in [0.5, 0.6) is 0 Å². The van der Waals surface area contributed by atoms with Gasteiger partial charge in [0.05, 0.1) is 0 Å². The van der Waals surface area contributed by atoms with Gasteiger partial charge in [-0.15, -0.1) is 0 Å². The predicted molar refractivity (Wildman–Crippen MR) is 108 cm³/mol. The van der Waals surface area contributed by atoms with E-state index in [4.69, 9.17) is 5.26 Å².